The molecule has 0 aliphatic rings. The number of carbonyl (C=O) groups is 4. The fourth-order valence-electron chi connectivity index (χ4n) is 2.29. The Morgan fingerprint density at radius 3 is 2.09 bits per heavy atom. The number of nitrogens with two attached hydrogens (primary N) is 2. The van der Waals surface area contributed by atoms with Crippen molar-refractivity contribution in [2.75, 3.05) is 19.6 Å². The molecular weight excluding hydrogens is 440 g/mol. The van der Waals surface area contributed by atoms with Crippen LogP contribution in [-0.4, -0.2) is 55.3 Å². The second-order valence-electron chi connectivity index (χ2n) is 6.37. The van der Waals surface area contributed by atoms with Gasteiger partial charge in [-0.2, -0.15) is 0 Å². The van der Waals surface area contributed by atoms with Crippen molar-refractivity contribution in [2.24, 2.45) is 16.5 Å². The first-order valence-corrected chi connectivity index (χ1v) is 11.3. The number of hydrogen-bond donors (Lipinski definition) is 5. The topological polar surface area (TPSA) is 178 Å². The van der Waals surface area contributed by atoms with Crippen molar-refractivity contribution in [1.82, 2.24) is 16.0 Å². The Bertz CT molecular complexity index is 751. The summed E-state index contributed by atoms with van der Waals surface area (Å²) >= 11 is 0. The molecule has 34 heavy (non-hydrogen) atoms. The molecule has 1 aromatic rings. The number of carbonyl (C=O) groups excluding carboxylic acids is 4. The quantitative estimate of drug-likeness (QED) is 0.169. The number of ether oxygens (including phenoxy) is 1. The zero-order valence-electron chi connectivity index (χ0n) is 20.8. The Balaban J connectivity index is 0. The Morgan fingerprint density at radius 1 is 0.941 bits per heavy atom. The number of amides is 3. The summed E-state index contributed by atoms with van der Waals surface area (Å²) in [6.45, 7) is 9.08. The number of alkyl carbamates (subject to hydrolysis) is 1. The molecule has 0 bridgehead atoms. The Morgan fingerprint density at radius 2 is 1.53 bits per heavy atom. The predicted molar refractivity (Wildman–Crippen MR) is 133 cm³/mol. The molecule has 1 aromatic carbocycles. The average molecular weight is 481 g/mol. The van der Waals surface area contributed by atoms with Crippen molar-refractivity contribution in [1.29, 1.82) is 0 Å². The molecule has 1 unspecified atom stereocenters. The zero-order chi connectivity index (χ0) is 26.4. The van der Waals surface area contributed by atoms with Crippen LogP contribution in [0.3, 0.4) is 0 Å². The van der Waals surface area contributed by atoms with E-state index in [4.69, 9.17) is 16.2 Å². The lowest BCUT2D eigenvalue weighted by Crippen LogP contribution is -2.46. The molecule has 3 amide bonds. The first-order valence-electron chi connectivity index (χ1n) is 11.3. The second-order valence-corrected chi connectivity index (χ2v) is 6.37. The molecule has 0 radical (unpaired) electrons. The standard InChI is InChI=1S/C19H28N6O5.2C2H6/c1-13(26)15(8-5-9-22-18(20)21)25-17(28)11-23-16(27)10-24-19(29)30-12-14-6-3-2-4-7-14;2*1-2/h2-4,6-7,15H,5,8-12H2,1H3,(H,23,27)(H,24,29)(H,25,28)(H4,20,21,22);2*1-2H3. The average Bonchev–Trinajstić information content (AvgIpc) is 2.84. The lowest BCUT2D eigenvalue weighted by Gasteiger charge is -2.15. The van der Waals surface area contributed by atoms with Crippen molar-refractivity contribution in [3.8, 4) is 0 Å². The van der Waals surface area contributed by atoms with Crippen LogP contribution in [0, 0.1) is 0 Å². The zero-order valence-corrected chi connectivity index (χ0v) is 20.8. The highest BCUT2D eigenvalue weighted by atomic mass is 16.5. The van der Waals surface area contributed by atoms with Crippen LogP contribution < -0.4 is 27.4 Å². The molecule has 7 N–H and O–H groups in total. The number of rotatable bonds is 12. The number of Topliss-reactive ketones (excluding diaryl/α,β-unsaturated/α-hetero) is 1. The first-order chi connectivity index (χ1) is 16.3. The minimum atomic E-state index is -0.754. The van der Waals surface area contributed by atoms with Gasteiger partial charge in [0.1, 0.15) is 13.2 Å². The van der Waals surface area contributed by atoms with Crippen LogP contribution in [0.25, 0.3) is 0 Å². The summed E-state index contributed by atoms with van der Waals surface area (Å²) in [5, 5.41) is 7.17. The van der Waals surface area contributed by atoms with Gasteiger partial charge >= 0.3 is 6.09 Å². The Kier molecular flexibility index (Phi) is 20.3. The van der Waals surface area contributed by atoms with E-state index < -0.39 is 23.9 Å². The van der Waals surface area contributed by atoms with E-state index in [1.807, 2.05) is 45.9 Å². The van der Waals surface area contributed by atoms with Gasteiger partial charge in [-0.15, -0.1) is 0 Å². The molecular formula is C23H40N6O5. The van der Waals surface area contributed by atoms with E-state index in [-0.39, 0.29) is 31.4 Å². The minimum Gasteiger partial charge on any atom is -0.445 e. The third-order valence-corrected chi connectivity index (χ3v) is 3.82. The molecule has 1 atom stereocenters. The van der Waals surface area contributed by atoms with Crippen LogP contribution in [-0.2, 0) is 25.7 Å². The molecule has 0 aromatic heterocycles. The fourth-order valence-corrected chi connectivity index (χ4v) is 2.29. The number of nitrogens with zero attached hydrogens (tertiary/aromatic N) is 1. The van der Waals surface area contributed by atoms with Crippen LogP contribution in [0.1, 0.15) is 53.0 Å². The lowest BCUT2D eigenvalue weighted by atomic mass is 10.1. The number of hydrogen-bond acceptors (Lipinski definition) is 6. The summed E-state index contributed by atoms with van der Waals surface area (Å²) in [7, 11) is 0. The molecule has 0 aliphatic carbocycles. The highest BCUT2D eigenvalue weighted by Crippen LogP contribution is 2.01. The maximum atomic E-state index is 11.9. The number of guanidine groups is 1. The number of nitrogens with one attached hydrogen (secondary N) is 3. The largest absolute Gasteiger partial charge is 0.445 e. The lowest BCUT2D eigenvalue weighted by molar-refractivity contribution is -0.128. The van der Waals surface area contributed by atoms with E-state index in [1.165, 1.54) is 6.92 Å². The van der Waals surface area contributed by atoms with Crippen molar-refractivity contribution in [3.63, 3.8) is 0 Å². The maximum absolute atomic E-state index is 11.9. The van der Waals surface area contributed by atoms with Gasteiger partial charge in [0.05, 0.1) is 12.6 Å². The molecule has 192 valence electrons. The van der Waals surface area contributed by atoms with Crippen molar-refractivity contribution >= 4 is 29.7 Å². The van der Waals surface area contributed by atoms with Crippen molar-refractivity contribution < 1.29 is 23.9 Å². The first kappa shape index (κ1) is 32.5. The van der Waals surface area contributed by atoms with Crippen molar-refractivity contribution in [2.45, 2.75) is 60.1 Å². The van der Waals surface area contributed by atoms with Gasteiger partial charge < -0.3 is 32.2 Å². The van der Waals surface area contributed by atoms with Gasteiger partial charge in [-0.1, -0.05) is 58.0 Å². The van der Waals surface area contributed by atoms with E-state index in [2.05, 4.69) is 20.9 Å². The van der Waals surface area contributed by atoms with E-state index >= 15 is 0 Å². The number of benzene rings is 1. The van der Waals surface area contributed by atoms with Gasteiger partial charge in [-0.3, -0.25) is 19.4 Å². The molecule has 0 fully saturated rings. The smallest absolute Gasteiger partial charge is 0.407 e. The molecule has 0 saturated carbocycles. The fraction of sp³-hybridized carbons (Fsp3) is 0.522. The third-order valence-electron chi connectivity index (χ3n) is 3.82. The molecule has 11 nitrogen and oxygen atoms in total. The summed E-state index contributed by atoms with van der Waals surface area (Å²) in [5.74, 6) is -1.37. The summed E-state index contributed by atoms with van der Waals surface area (Å²) in [6.07, 6.45) is 0.112. The normalized spacial score (nSPS) is 10.0. The van der Waals surface area contributed by atoms with E-state index in [0.717, 1.165) is 5.56 Å². The minimum absolute atomic E-state index is 0.0429. The second kappa shape index (κ2) is 21.2. The van der Waals surface area contributed by atoms with Crippen LogP contribution in [0.2, 0.25) is 0 Å². The maximum Gasteiger partial charge on any atom is 0.407 e. The van der Waals surface area contributed by atoms with E-state index in [0.29, 0.717) is 19.4 Å². The van der Waals surface area contributed by atoms with Crippen LogP contribution >= 0.6 is 0 Å². The molecule has 1 rings (SSSR count). The van der Waals surface area contributed by atoms with Crippen LogP contribution in [0.5, 0.6) is 0 Å². The van der Waals surface area contributed by atoms with Gasteiger partial charge in [0.2, 0.25) is 11.8 Å². The molecule has 0 heterocycles. The van der Waals surface area contributed by atoms with Gasteiger partial charge in [-0.05, 0) is 25.3 Å². The third kappa shape index (κ3) is 18.0. The summed E-state index contributed by atoms with van der Waals surface area (Å²) < 4.78 is 4.97. The van der Waals surface area contributed by atoms with E-state index in [9.17, 15) is 19.2 Å². The molecule has 11 heteroatoms. The number of ketones is 1. The molecule has 0 spiro atoms. The van der Waals surface area contributed by atoms with Crippen molar-refractivity contribution in [3.05, 3.63) is 35.9 Å². The van der Waals surface area contributed by atoms with Gasteiger partial charge in [-0.25, -0.2) is 4.79 Å². The van der Waals surface area contributed by atoms with Crippen LogP contribution in [0.15, 0.2) is 35.3 Å². The molecule has 0 saturated heterocycles. The van der Waals surface area contributed by atoms with Crippen LogP contribution in [0.4, 0.5) is 4.79 Å². The van der Waals surface area contributed by atoms with Gasteiger partial charge in [0.25, 0.3) is 0 Å². The Labute approximate surface area is 202 Å². The SMILES string of the molecule is CC.CC.CC(=O)C(CCCN=C(N)N)NC(=O)CNC(=O)CNC(=O)OCc1ccccc1. The highest BCUT2D eigenvalue weighted by molar-refractivity contribution is 5.90. The van der Waals surface area contributed by atoms with Gasteiger partial charge in [0, 0.05) is 6.54 Å². The van der Waals surface area contributed by atoms with E-state index in [1.54, 1.807) is 12.1 Å². The summed E-state index contributed by atoms with van der Waals surface area (Å²) in [6, 6.07) is 8.37. The monoisotopic (exact) mass is 480 g/mol. The predicted octanol–water partition coefficient (Wildman–Crippen LogP) is 1.21. The summed E-state index contributed by atoms with van der Waals surface area (Å²) in [4.78, 5) is 50.7. The summed E-state index contributed by atoms with van der Waals surface area (Å²) in [5.41, 5.74) is 11.3. The molecule has 0 aliphatic heterocycles. The highest BCUT2D eigenvalue weighted by Gasteiger charge is 2.17. The number of aliphatic imine (C=N–C) groups is 1. The Hall–Kier alpha value is -3.63. The van der Waals surface area contributed by atoms with Gasteiger partial charge in [0.15, 0.2) is 11.7 Å².